The van der Waals surface area contributed by atoms with Crippen LogP contribution in [0.15, 0.2) is 12.1 Å². The zero-order valence-electron chi connectivity index (χ0n) is 10.3. The number of pyridine rings is 1. The van der Waals surface area contributed by atoms with Crippen LogP contribution in [0.5, 0.6) is 5.75 Å². The van der Waals surface area contributed by atoms with Crippen molar-refractivity contribution in [2.45, 2.75) is 39.3 Å². The summed E-state index contributed by atoms with van der Waals surface area (Å²) in [5, 5.41) is 3.53. The van der Waals surface area contributed by atoms with Crippen LogP contribution in [0.3, 0.4) is 0 Å². The van der Waals surface area contributed by atoms with Crippen molar-refractivity contribution in [3.05, 3.63) is 23.5 Å². The Hall–Kier alpha value is -1.09. The Balaban J connectivity index is 1.90. The molecule has 0 saturated heterocycles. The first-order valence-corrected chi connectivity index (χ1v) is 5.92. The summed E-state index contributed by atoms with van der Waals surface area (Å²) in [5.41, 5.74) is 2.08. The molecule has 3 nitrogen and oxygen atoms in total. The normalized spacial score (nSPS) is 23.9. The van der Waals surface area contributed by atoms with Gasteiger partial charge < -0.3 is 10.1 Å². The Kier molecular flexibility index (Phi) is 3.44. The molecular weight excluding hydrogens is 200 g/mol. The summed E-state index contributed by atoms with van der Waals surface area (Å²) in [6.45, 7) is 5.14. The minimum absolute atomic E-state index is 0.684. The summed E-state index contributed by atoms with van der Waals surface area (Å²) < 4.78 is 5.23. The Morgan fingerprint density at radius 1 is 1.44 bits per heavy atom. The van der Waals surface area contributed by atoms with Gasteiger partial charge in [0.05, 0.1) is 12.8 Å². The van der Waals surface area contributed by atoms with Crippen LogP contribution in [0.1, 0.15) is 31.2 Å². The van der Waals surface area contributed by atoms with E-state index in [1.807, 2.05) is 19.1 Å². The second-order valence-corrected chi connectivity index (χ2v) is 4.79. The summed E-state index contributed by atoms with van der Waals surface area (Å²) in [5.74, 6) is 1.78. The highest BCUT2D eigenvalue weighted by molar-refractivity contribution is 5.26. The summed E-state index contributed by atoms with van der Waals surface area (Å²) in [4.78, 5) is 4.49. The van der Waals surface area contributed by atoms with Gasteiger partial charge in [0.2, 0.25) is 0 Å². The van der Waals surface area contributed by atoms with E-state index < -0.39 is 0 Å². The predicted molar refractivity (Wildman–Crippen MR) is 64.6 cm³/mol. The summed E-state index contributed by atoms with van der Waals surface area (Å²) in [7, 11) is 1.69. The molecule has 1 aromatic heterocycles. The first-order valence-electron chi connectivity index (χ1n) is 5.92. The lowest BCUT2D eigenvalue weighted by molar-refractivity contribution is 0.239. The van der Waals surface area contributed by atoms with Crippen LogP contribution >= 0.6 is 0 Å². The molecule has 88 valence electrons. The largest absolute Gasteiger partial charge is 0.497 e. The van der Waals surface area contributed by atoms with Gasteiger partial charge in [-0.2, -0.15) is 0 Å². The van der Waals surface area contributed by atoms with E-state index in [-0.39, 0.29) is 0 Å². The quantitative estimate of drug-likeness (QED) is 0.845. The molecule has 1 N–H and O–H groups in total. The molecule has 1 aliphatic carbocycles. The van der Waals surface area contributed by atoms with E-state index in [1.165, 1.54) is 12.8 Å². The monoisotopic (exact) mass is 220 g/mol. The van der Waals surface area contributed by atoms with E-state index in [0.29, 0.717) is 6.04 Å². The van der Waals surface area contributed by atoms with Crippen LogP contribution < -0.4 is 10.1 Å². The zero-order valence-corrected chi connectivity index (χ0v) is 10.3. The van der Waals surface area contributed by atoms with Gasteiger partial charge >= 0.3 is 0 Å². The smallest absolute Gasteiger partial charge is 0.122 e. The van der Waals surface area contributed by atoms with Crippen molar-refractivity contribution in [2.75, 3.05) is 7.11 Å². The van der Waals surface area contributed by atoms with Gasteiger partial charge in [0.15, 0.2) is 0 Å². The van der Waals surface area contributed by atoms with Crippen LogP contribution in [-0.2, 0) is 6.54 Å². The standard InChI is InChI=1S/C13H20N2O/c1-9-4-11(5-9)14-8-12-7-13(16-3)6-10(2)15-12/h6-7,9,11,14H,4-5,8H2,1-3H3. The maximum absolute atomic E-state index is 5.23. The van der Waals surface area contributed by atoms with Gasteiger partial charge in [0, 0.05) is 30.4 Å². The number of aromatic nitrogens is 1. The van der Waals surface area contributed by atoms with Gasteiger partial charge in [-0.25, -0.2) is 0 Å². The fourth-order valence-electron chi connectivity index (χ4n) is 2.23. The van der Waals surface area contributed by atoms with Crippen molar-refractivity contribution in [2.24, 2.45) is 5.92 Å². The van der Waals surface area contributed by atoms with Crippen molar-refractivity contribution < 1.29 is 4.74 Å². The van der Waals surface area contributed by atoms with Crippen LogP contribution in [0.2, 0.25) is 0 Å². The van der Waals surface area contributed by atoms with Crippen molar-refractivity contribution >= 4 is 0 Å². The summed E-state index contributed by atoms with van der Waals surface area (Å²) in [6.07, 6.45) is 2.59. The highest BCUT2D eigenvalue weighted by Gasteiger charge is 2.24. The Morgan fingerprint density at radius 2 is 2.19 bits per heavy atom. The number of nitrogens with zero attached hydrogens (tertiary/aromatic N) is 1. The molecule has 0 aromatic carbocycles. The number of hydrogen-bond donors (Lipinski definition) is 1. The molecule has 1 fully saturated rings. The molecule has 0 radical (unpaired) electrons. The Morgan fingerprint density at radius 3 is 2.81 bits per heavy atom. The van der Waals surface area contributed by atoms with Crippen LogP contribution in [0.25, 0.3) is 0 Å². The van der Waals surface area contributed by atoms with Crippen LogP contribution in [-0.4, -0.2) is 18.1 Å². The zero-order chi connectivity index (χ0) is 11.5. The molecule has 0 atom stereocenters. The van der Waals surface area contributed by atoms with Gasteiger partial charge in [0.1, 0.15) is 5.75 Å². The highest BCUT2D eigenvalue weighted by Crippen LogP contribution is 2.26. The van der Waals surface area contributed by atoms with Crippen LogP contribution in [0, 0.1) is 12.8 Å². The van der Waals surface area contributed by atoms with Gasteiger partial charge in [-0.1, -0.05) is 6.92 Å². The van der Waals surface area contributed by atoms with Crippen molar-refractivity contribution in [3.63, 3.8) is 0 Å². The Labute approximate surface area is 97.2 Å². The van der Waals surface area contributed by atoms with Crippen molar-refractivity contribution in [3.8, 4) is 5.75 Å². The average Bonchev–Trinajstić information content (AvgIpc) is 2.22. The van der Waals surface area contributed by atoms with Crippen molar-refractivity contribution in [1.29, 1.82) is 0 Å². The van der Waals surface area contributed by atoms with E-state index in [1.54, 1.807) is 7.11 Å². The molecule has 0 unspecified atom stereocenters. The predicted octanol–water partition coefficient (Wildman–Crippen LogP) is 2.29. The minimum atomic E-state index is 0.684. The lowest BCUT2D eigenvalue weighted by Crippen LogP contribution is -2.39. The first kappa shape index (κ1) is 11.4. The average molecular weight is 220 g/mol. The number of hydrogen-bond acceptors (Lipinski definition) is 3. The SMILES string of the molecule is COc1cc(C)nc(CNC2CC(C)C2)c1. The van der Waals surface area contributed by atoms with Gasteiger partial charge in [0.25, 0.3) is 0 Å². The molecule has 1 heterocycles. The van der Waals surface area contributed by atoms with E-state index in [2.05, 4.69) is 17.2 Å². The van der Waals surface area contributed by atoms with E-state index in [9.17, 15) is 0 Å². The molecular formula is C13H20N2O. The lowest BCUT2D eigenvalue weighted by Gasteiger charge is -2.33. The number of rotatable bonds is 4. The molecule has 1 aliphatic rings. The highest BCUT2D eigenvalue weighted by atomic mass is 16.5. The summed E-state index contributed by atoms with van der Waals surface area (Å²) >= 11 is 0. The maximum Gasteiger partial charge on any atom is 0.122 e. The molecule has 1 aromatic rings. The van der Waals surface area contributed by atoms with Crippen molar-refractivity contribution in [1.82, 2.24) is 10.3 Å². The molecule has 3 heteroatoms. The van der Waals surface area contributed by atoms with E-state index >= 15 is 0 Å². The molecule has 0 spiro atoms. The maximum atomic E-state index is 5.23. The number of nitrogens with one attached hydrogen (secondary N) is 1. The molecule has 16 heavy (non-hydrogen) atoms. The third kappa shape index (κ3) is 2.73. The third-order valence-electron chi connectivity index (χ3n) is 3.16. The molecule has 0 bridgehead atoms. The molecule has 1 saturated carbocycles. The fraction of sp³-hybridized carbons (Fsp3) is 0.615. The van der Waals surface area contributed by atoms with Gasteiger partial charge in [-0.15, -0.1) is 0 Å². The van der Waals surface area contributed by atoms with E-state index in [0.717, 1.165) is 29.6 Å². The van der Waals surface area contributed by atoms with Gasteiger partial charge in [-0.3, -0.25) is 4.98 Å². The van der Waals surface area contributed by atoms with E-state index in [4.69, 9.17) is 4.74 Å². The summed E-state index contributed by atoms with van der Waals surface area (Å²) in [6, 6.07) is 4.64. The second-order valence-electron chi connectivity index (χ2n) is 4.79. The second kappa shape index (κ2) is 4.83. The molecule has 0 amide bonds. The topological polar surface area (TPSA) is 34.1 Å². The Bertz CT molecular complexity index is 359. The number of aryl methyl sites for hydroxylation is 1. The third-order valence-corrected chi connectivity index (χ3v) is 3.16. The molecule has 0 aliphatic heterocycles. The lowest BCUT2D eigenvalue weighted by atomic mass is 9.82. The molecule has 2 rings (SSSR count). The minimum Gasteiger partial charge on any atom is -0.497 e. The first-order chi connectivity index (χ1) is 7.67. The number of ether oxygens (including phenoxy) is 1. The number of methoxy groups -OCH3 is 1. The van der Waals surface area contributed by atoms with Gasteiger partial charge in [-0.05, 0) is 25.7 Å². The fourth-order valence-corrected chi connectivity index (χ4v) is 2.23. The van der Waals surface area contributed by atoms with Crippen LogP contribution in [0.4, 0.5) is 0 Å².